The van der Waals surface area contributed by atoms with E-state index in [1.165, 1.54) is 11.3 Å². The van der Waals surface area contributed by atoms with Gasteiger partial charge in [-0.3, -0.25) is 4.90 Å². The SMILES string of the molecule is Cc1c(C(=O)O)sc2ncnc(N3CCC(N4CCOCC4)CC3)c12. The van der Waals surface area contributed by atoms with E-state index in [2.05, 4.69) is 19.8 Å². The van der Waals surface area contributed by atoms with Crippen LogP contribution >= 0.6 is 11.3 Å². The lowest BCUT2D eigenvalue weighted by Crippen LogP contribution is -2.49. The Morgan fingerprint density at radius 3 is 2.64 bits per heavy atom. The Labute approximate surface area is 150 Å². The number of ether oxygens (including phenoxy) is 1. The lowest BCUT2D eigenvalue weighted by Gasteiger charge is -2.40. The molecule has 2 saturated heterocycles. The second-order valence-corrected chi connectivity index (χ2v) is 7.60. The van der Waals surface area contributed by atoms with Crippen LogP contribution in [-0.2, 0) is 4.74 Å². The third-order valence-corrected chi connectivity index (χ3v) is 6.41. The van der Waals surface area contributed by atoms with E-state index < -0.39 is 5.97 Å². The second kappa shape index (κ2) is 6.86. The van der Waals surface area contributed by atoms with E-state index in [0.717, 1.165) is 73.8 Å². The van der Waals surface area contributed by atoms with Crippen LogP contribution in [0, 0.1) is 6.92 Å². The second-order valence-electron chi connectivity index (χ2n) is 6.61. The van der Waals surface area contributed by atoms with Gasteiger partial charge in [0.1, 0.15) is 21.9 Å². The molecular weight excluding hydrogens is 340 g/mol. The molecule has 0 bridgehead atoms. The molecule has 134 valence electrons. The molecule has 0 aromatic carbocycles. The standard InChI is InChI=1S/C17H22N4O3S/c1-11-13-15(18-10-19-16(13)25-14(11)17(22)23)21-4-2-12(3-5-21)20-6-8-24-9-7-20/h10,12H,2-9H2,1H3,(H,22,23). The number of aryl methyl sites for hydroxylation is 1. The number of anilines is 1. The molecule has 2 aromatic heterocycles. The van der Waals surface area contributed by atoms with Crippen molar-refractivity contribution < 1.29 is 14.6 Å². The van der Waals surface area contributed by atoms with Crippen molar-refractivity contribution in [3.8, 4) is 0 Å². The summed E-state index contributed by atoms with van der Waals surface area (Å²) in [7, 11) is 0. The largest absolute Gasteiger partial charge is 0.477 e. The highest BCUT2D eigenvalue weighted by Gasteiger charge is 2.28. The molecule has 0 radical (unpaired) electrons. The number of aromatic carboxylic acids is 1. The zero-order valence-electron chi connectivity index (χ0n) is 14.3. The van der Waals surface area contributed by atoms with Gasteiger partial charge in [0.25, 0.3) is 0 Å². The molecule has 0 aliphatic carbocycles. The van der Waals surface area contributed by atoms with Crippen LogP contribution in [0.5, 0.6) is 0 Å². The molecule has 1 N–H and O–H groups in total. The van der Waals surface area contributed by atoms with E-state index in [-0.39, 0.29) is 0 Å². The van der Waals surface area contributed by atoms with Crippen LogP contribution in [-0.4, -0.2) is 71.4 Å². The molecule has 4 rings (SSSR count). The van der Waals surface area contributed by atoms with Gasteiger partial charge in [-0.15, -0.1) is 11.3 Å². The maximum absolute atomic E-state index is 11.4. The summed E-state index contributed by atoms with van der Waals surface area (Å²) in [5, 5.41) is 10.3. The fourth-order valence-corrected chi connectivity index (χ4v) is 4.86. The van der Waals surface area contributed by atoms with Crippen molar-refractivity contribution in [2.24, 2.45) is 0 Å². The van der Waals surface area contributed by atoms with Crippen LogP contribution in [0.3, 0.4) is 0 Å². The van der Waals surface area contributed by atoms with Crippen molar-refractivity contribution in [3.63, 3.8) is 0 Å². The Balaban J connectivity index is 1.56. The number of rotatable bonds is 3. The van der Waals surface area contributed by atoms with Gasteiger partial charge in [-0.05, 0) is 25.3 Å². The van der Waals surface area contributed by atoms with Gasteiger partial charge in [-0.1, -0.05) is 0 Å². The van der Waals surface area contributed by atoms with Gasteiger partial charge in [0, 0.05) is 32.2 Å². The predicted octanol–water partition coefficient (Wildman–Crippen LogP) is 2.00. The molecule has 0 amide bonds. The van der Waals surface area contributed by atoms with Crippen LogP contribution in [0.15, 0.2) is 6.33 Å². The summed E-state index contributed by atoms with van der Waals surface area (Å²) < 4.78 is 5.45. The summed E-state index contributed by atoms with van der Waals surface area (Å²) in [4.78, 5) is 26.2. The summed E-state index contributed by atoms with van der Waals surface area (Å²) in [5.74, 6) is -0.0100. The third kappa shape index (κ3) is 3.09. The number of carbonyl (C=O) groups is 1. The molecule has 2 aliphatic rings. The summed E-state index contributed by atoms with van der Waals surface area (Å²) in [6.45, 7) is 7.44. The van der Waals surface area contributed by atoms with E-state index >= 15 is 0 Å². The highest BCUT2D eigenvalue weighted by molar-refractivity contribution is 7.20. The van der Waals surface area contributed by atoms with E-state index in [4.69, 9.17) is 4.74 Å². The summed E-state index contributed by atoms with van der Waals surface area (Å²) >= 11 is 1.23. The van der Waals surface area contributed by atoms with Gasteiger partial charge >= 0.3 is 5.97 Å². The maximum atomic E-state index is 11.4. The number of aromatic nitrogens is 2. The normalized spacial score (nSPS) is 20.3. The first-order valence-corrected chi connectivity index (χ1v) is 9.51. The quantitative estimate of drug-likeness (QED) is 0.894. The fourth-order valence-electron chi connectivity index (χ4n) is 3.88. The average molecular weight is 362 g/mol. The van der Waals surface area contributed by atoms with Crippen LogP contribution < -0.4 is 4.90 Å². The molecular formula is C17H22N4O3S. The molecule has 0 unspecified atom stereocenters. The number of morpholine rings is 1. The average Bonchev–Trinajstić information content (AvgIpc) is 3.00. The number of nitrogens with zero attached hydrogens (tertiary/aromatic N) is 4. The Kier molecular flexibility index (Phi) is 4.58. The molecule has 8 heteroatoms. The Morgan fingerprint density at radius 2 is 1.96 bits per heavy atom. The monoisotopic (exact) mass is 362 g/mol. The third-order valence-electron chi connectivity index (χ3n) is 5.23. The van der Waals surface area contributed by atoms with Crippen LogP contribution in [0.4, 0.5) is 5.82 Å². The summed E-state index contributed by atoms with van der Waals surface area (Å²) in [5.41, 5.74) is 0.776. The molecule has 0 atom stereocenters. The highest BCUT2D eigenvalue weighted by Crippen LogP contribution is 2.36. The number of fused-ring (bicyclic) bond motifs is 1. The van der Waals surface area contributed by atoms with Gasteiger partial charge in [0.05, 0.1) is 18.6 Å². The molecule has 7 nitrogen and oxygen atoms in total. The van der Waals surface area contributed by atoms with Crippen molar-refractivity contribution in [1.82, 2.24) is 14.9 Å². The molecule has 0 saturated carbocycles. The first-order chi connectivity index (χ1) is 12.1. The number of hydrogen-bond donors (Lipinski definition) is 1. The predicted molar refractivity (Wildman–Crippen MR) is 96.7 cm³/mol. The van der Waals surface area contributed by atoms with E-state index in [1.807, 2.05) is 6.92 Å². The number of piperidine rings is 1. The van der Waals surface area contributed by atoms with Gasteiger partial charge in [-0.25, -0.2) is 14.8 Å². The molecule has 4 heterocycles. The van der Waals surface area contributed by atoms with Gasteiger partial charge in [0.15, 0.2) is 0 Å². The van der Waals surface area contributed by atoms with Gasteiger partial charge < -0.3 is 14.7 Å². The van der Waals surface area contributed by atoms with Crippen molar-refractivity contribution in [2.75, 3.05) is 44.3 Å². The first kappa shape index (κ1) is 16.7. The number of carboxylic acid groups (broad SMARTS) is 1. The topological polar surface area (TPSA) is 78.8 Å². The van der Waals surface area contributed by atoms with E-state index in [1.54, 1.807) is 6.33 Å². The minimum Gasteiger partial charge on any atom is -0.477 e. The van der Waals surface area contributed by atoms with Gasteiger partial charge in [-0.2, -0.15) is 0 Å². The Hall–Kier alpha value is -1.77. The molecule has 0 spiro atoms. The number of hydrogen-bond acceptors (Lipinski definition) is 7. The van der Waals surface area contributed by atoms with Crippen molar-refractivity contribution in [3.05, 3.63) is 16.8 Å². The van der Waals surface area contributed by atoms with Gasteiger partial charge in [0.2, 0.25) is 0 Å². The fraction of sp³-hybridized carbons (Fsp3) is 0.588. The van der Waals surface area contributed by atoms with Crippen molar-refractivity contribution in [2.45, 2.75) is 25.8 Å². The molecule has 25 heavy (non-hydrogen) atoms. The van der Waals surface area contributed by atoms with Crippen LogP contribution in [0.1, 0.15) is 28.1 Å². The number of carboxylic acids is 1. The summed E-state index contributed by atoms with van der Waals surface area (Å²) in [6.07, 6.45) is 3.74. The van der Waals surface area contributed by atoms with Crippen LogP contribution in [0.2, 0.25) is 0 Å². The lowest BCUT2D eigenvalue weighted by atomic mass is 10.0. The molecule has 2 aliphatic heterocycles. The molecule has 2 aromatic rings. The van der Waals surface area contributed by atoms with Crippen molar-refractivity contribution >= 4 is 33.3 Å². The van der Waals surface area contributed by atoms with Crippen LogP contribution in [0.25, 0.3) is 10.2 Å². The zero-order chi connectivity index (χ0) is 17.4. The zero-order valence-corrected chi connectivity index (χ0v) is 15.1. The van der Waals surface area contributed by atoms with E-state index in [0.29, 0.717) is 10.9 Å². The van der Waals surface area contributed by atoms with E-state index in [9.17, 15) is 9.90 Å². The minimum atomic E-state index is -0.891. The number of thiophene rings is 1. The minimum absolute atomic E-state index is 0.361. The first-order valence-electron chi connectivity index (χ1n) is 8.69. The molecule has 2 fully saturated rings. The van der Waals surface area contributed by atoms with Crippen molar-refractivity contribution in [1.29, 1.82) is 0 Å². The highest BCUT2D eigenvalue weighted by atomic mass is 32.1. The summed E-state index contributed by atoms with van der Waals surface area (Å²) in [6, 6.07) is 0.607. The Bertz CT molecular complexity index is 780. The lowest BCUT2D eigenvalue weighted by molar-refractivity contribution is 0.0115. The Morgan fingerprint density at radius 1 is 1.24 bits per heavy atom. The maximum Gasteiger partial charge on any atom is 0.346 e. The smallest absolute Gasteiger partial charge is 0.346 e.